The summed E-state index contributed by atoms with van der Waals surface area (Å²) in [6, 6.07) is 7.56. The first-order chi connectivity index (χ1) is 8.24. The number of Topliss-reactive ketones (excluding diaryl/α,β-unsaturated/α-hetero) is 1. The molecule has 1 fully saturated rings. The third kappa shape index (κ3) is 2.39. The highest BCUT2D eigenvalue weighted by Gasteiger charge is 2.19. The predicted molar refractivity (Wildman–Crippen MR) is 64.2 cm³/mol. The number of rotatable bonds is 2. The third-order valence-corrected chi connectivity index (χ3v) is 2.99. The predicted octanol–water partition coefficient (Wildman–Crippen LogP) is 1.74. The van der Waals surface area contributed by atoms with E-state index in [2.05, 4.69) is 11.0 Å². The summed E-state index contributed by atoms with van der Waals surface area (Å²) in [6.07, 6.45) is 1.12. The second-order valence-corrected chi connectivity index (χ2v) is 4.02. The zero-order valence-corrected chi connectivity index (χ0v) is 9.77. The molecule has 0 spiro atoms. The highest BCUT2D eigenvalue weighted by atomic mass is 16.5. The third-order valence-electron chi connectivity index (χ3n) is 2.99. The summed E-state index contributed by atoms with van der Waals surface area (Å²) < 4.78 is 5.16. The van der Waals surface area contributed by atoms with E-state index in [9.17, 15) is 4.79 Å². The summed E-state index contributed by atoms with van der Waals surface area (Å²) >= 11 is 0. The number of nitriles is 1. The van der Waals surface area contributed by atoms with Crippen LogP contribution in [0.2, 0.25) is 0 Å². The van der Waals surface area contributed by atoms with Crippen LogP contribution in [0.1, 0.15) is 18.4 Å². The van der Waals surface area contributed by atoms with E-state index in [1.807, 2.05) is 6.07 Å². The second kappa shape index (κ2) is 4.88. The van der Waals surface area contributed by atoms with Crippen molar-refractivity contribution in [2.75, 3.05) is 25.1 Å². The molecule has 0 aliphatic carbocycles. The van der Waals surface area contributed by atoms with Crippen molar-refractivity contribution in [3.8, 4) is 11.8 Å². The number of methoxy groups -OCH3 is 1. The molecule has 1 aromatic rings. The van der Waals surface area contributed by atoms with Gasteiger partial charge >= 0.3 is 0 Å². The van der Waals surface area contributed by atoms with E-state index < -0.39 is 0 Å². The number of hydrogen-bond donors (Lipinski definition) is 0. The van der Waals surface area contributed by atoms with Crippen LogP contribution < -0.4 is 9.64 Å². The van der Waals surface area contributed by atoms with Gasteiger partial charge in [0, 0.05) is 32.0 Å². The second-order valence-electron chi connectivity index (χ2n) is 4.02. The molecular weight excluding hydrogens is 216 g/mol. The van der Waals surface area contributed by atoms with Gasteiger partial charge in [-0.25, -0.2) is 0 Å². The molecule has 17 heavy (non-hydrogen) atoms. The first-order valence-electron chi connectivity index (χ1n) is 5.59. The van der Waals surface area contributed by atoms with Gasteiger partial charge in [-0.15, -0.1) is 0 Å². The number of nitrogens with zero attached hydrogens (tertiary/aromatic N) is 2. The lowest BCUT2D eigenvalue weighted by molar-refractivity contribution is -0.119. The number of ketones is 1. The lowest BCUT2D eigenvalue weighted by Crippen LogP contribution is -2.34. The van der Waals surface area contributed by atoms with Gasteiger partial charge in [0.1, 0.15) is 17.6 Å². The van der Waals surface area contributed by atoms with Crippen LogP contribution in [-0.4, -0.2) is 26.0 Å². The van der Waals surface area contributed by atoms with Gasteiger partial charge in [-0.05, 0) is 12.1 Å². The Balaban J connectivity index is 2.30. The SMILES string of the molecule is COc1ccc(C#N)c(N2CCC(=O)CC2)c1. The van der Waals surface area contributed by atoms with Gasteiger partial charge < -0.3 is 9.64 Å². The Kier molecular flexibility index (Phi) is 3.29. The molecular formula is C13H14N2O2. The zero-order chi connectivity index (χ0) is 12.3. The molecule has 0 saturated carbocycles. The molecule has 0 unspecified atom stereocenters. The zero-order valence-electron chi connectivity index (χ0n) is 9.77. The van der Waals surface area contributed by atoms with Gasteiger partial charge in [0.2, 0.25) is 0 Å². The van der Waals surface area contributed by atoms with E-state index in [4.69, 9.17) is 10.00 Å². The minimum atomic E-state index is 0.294. The Morgan fingerprint density at radius 3 is 2.65 bits per heavy atom. The number of anilines is 1. The van der Waals surface area contributed by atoms with Crippen LogP contribution in [-0.2, 0) is 4.79 Å². The molecule has 1 heterocycles. The first-order valence-corrected chi connectivity index (χ1v) is 5.59. The molecule has 0 N–H and O–H groups in total. The number of hydrogen-bond acceptors (Lipinski definition) is 4. The highest BCUT2D eigenvalue weighted by Crippen LogP contribution is 2.27. The number of ether oxygens (including phenoxy) is 1. The number of benzene rings is 1. The Hall–Kier alpha value is -2.02. The fraction of sp³-hybridized carbons (Fsp3) is 0.385. The average Bonchev–Trinajstić information content (AvgIpc) is 2.39. The quantitative estimate of drug-likeness (QED) is 0.776. The maximum Gasteiger partial charge on any atom is 0.136 e. The maximum atomic E-state index is 11.2. The van der Waals surface area contributed by atoms with Gasteiger partial charge in [0.05, 0.1) is 18.4 Å². The molecule has 0 radical (unpaired) electrons. The van der Waals surface area contributed by atoms with Gasteiger partial charge in [-0.1, -0.05) is 0 Å². The summed E-state index contributed by atoms with van der Waals surface area (Å²) in [5.41, 5.74) is 1.49. The molecule has 1 aliphatic heterocycles. The topological polar surface area (TPSA) is 53.3 Å². The fourth-order valence-corrected chi connectivity index (χ4v) is 1.99. The van der Waals surface area contributed by atoms with Crippen molar-refractivity contribution in [2.45, 2.75) is 12.8 Å². The number of carbonyl (C=O) groups excluding carboxylic acids is 1. The van der Waals surface area contributed by atoms with E-state index in [-0.39, 0.29) is 0 Å². The van der Waals surface area contributed by atoms with Gasteiger partial charge in [-0.2, -0.15) is 5.26 Å². The summed E-state index contributed by atoms with van der Waals surface area (Å²) in [5, 5.41) is 9.08. The molecule has 2 rings (SSSR count). The number of carbonyl (C=O) groups is 1. The smallest absolute Gasteiger partial charge is 0.136 e. The van der Waals surface area contributed by atoms with Crippen LogP contribution in [0.5, 0.6) is 5.75 Å². The van der Waals surface area contributed by atoms with Crippen LogP contribution in [0.15, 0.2) is 18.2 Å². The van der Waals surface area contributed by atoms with E-state index in [1.54, 1.807) is 19.2 Å². The van der Waals surface area contributed by atoms with Crippen LogP contribution in [0, 0.1) is 11.3 Å². The molecule has 0 bridgehead atoms. The van der Waals surface area contributed by atoms with Crippen LogP contribution >= 0.6 is 0 Å². The van der Waals surface area contributed by atoms with E-state index in [0.717, 1.165) is 11.4 Å². The minimum absolute atomic E-state index is 0.294. The van der Waals surface area contributed by atoms with Crippen molar-refractivity contribution in [2.24, 2.45) is 0 Å². The Labute approximate surface area is 100 Å². The number of piperidine rings is 1. The lowest BCUT2D eigenvalue weighted by Gasteiger charge is -2.29. The van der Waals surface area contributed by atoms with Crippen molar-refractivity contribution in [3.05, 3.63) is 23.8 Å². The molecule has 4 nitrogen and oxygen atoms in total. The van der Waals surface area contributed by atoms with Crippen molar-refractivity contribution in [1.29, 1.82) is 5.26 Å². The summed E-state index contributed by atoms with van der Waals surface area (Å²) in [6.45, 7) is 1.36. The van der Waals surface area contributed by atoms with Crippen LogP contribution in [0.4, 0.5) is 5.69 Å². The Morgan fingerprint density at radius 1 is 1.35 bits per heavy atom. The van der Waals surface area contributed by atoms with E-state index in [0.29, 0.717) is 37.3 Å². The molecule has 1 saturated heterocycles. The summed E-state index contributed by atoms with van der Waals surface area (Å²) in [4.78, 5) is 13.3. The van der Waals surface area contributed by atoms with Crippen molar-refractivity contribution in [1.82, 2.24) is 0 Å². The molecule has 4 heteroatoms. The van der Waals surface area contributed by atoms with Crippen LogP contribution in [0.3, 0.4) is 0 Å². The minimum Gasteiger partial charge on any atom is -0.497 e. The molecule has 0 aromatic heterocycles. The van der Waals surface area contributed by atoms with Gasteiger partial charge in [0.25, 0.3) is 0 Å². The van der Waals surface area contributed by atoms with E-state index >= 15 is 0 Å². The Morgan fingerprint density at radius 2 is 2.06 bits per heavy atom. The normalized spacial score (nSPS) is 15.5. The highest BCUT2D eigenvalue weighted by molar-refractivity contribution is 5.81. The fourth-order valence-electron chi connectivity index (χ4n) is 1.99. The van der Waals surface area contributed by atoms with Crippen LogP contribution in [0.25, 0.3) is 0 Å². The molecule has 0 amide bonds. The van der Waals surface area contributed by atoms with Crippen molar-refractivity contribution in [3.63, 3.8) is 0 Å². The standard InChI is InChI=1S/C13H14N2O2/c1-17-12-3-2-10(9-14)13(8-12)15-6-4-11(16)5-7-15/h2-3,8H,4-7H2,1H3. The van der Waals surface area contributed by atoms with Gasteiger partial charge in [0.15, 0.2) is 0 Å². The monoisotopic (exact) mass is 230 g/mol. The maximum absolute atomic E-state index is 11.2. The van der Waals surface area contributed by atoms with Crippen molar-refractivity contribution < 1.29 is 9.53 Å². The average molecular weight is 230 g/mol. The Bertz CT molecular complexity index is 467. The first kappa shape index (κ1) is 11.5. The molecule has 1 aliphatic rings. The van der Waals surface area contributed by atoms with E-state index in [1.165, 1.54) is 0 Å². The largest absolute Gasteiger partial charge is 0.497 e. The molecule has 88 valence electrons. The summed E-state index contributed by atoms with van der Waals surface area (Å²) in [5.74, 6) is 1.03. The molecule has 0 atom stereocenters. The molecule has 1 aromatic carbocycles. The lowest BCUT2D eigenvalue weighted by atomic mass is 10.1. The van der Waals surface area contributed by atoms with Crippen molar-refractivity contribution >= 4 is 11.5 Å². The summed E-state index contributed by atoms with van der Waals surface area (Å²) in [7, 11) is 1.60. The van der Waals surface area contributed by atoms with Gasteiger partial charge in [-0.3, -0.25) is 4.79 Å².